The number of urea groups is 1. The molecule has 1 atom stereocenters. The quantitative estimate of drug-likeness (QED) is 0.539. The van der Waals surface area contributed by atoms with E-state index in [4.69, 9.17) is 4.42 Å². The third-order valence-corrected chi connectivity index (χ3v) is 5.96. The highest BCUT2D eigenvalue weighted by Crippen LogP contribution is 2.40. The van der Waals surface area contributed by atoms with Gasteiger partial charge in [0.25, 0.3) is 5.91 Å². The lowest BCUT2D eigenvalue weighted by atomic mass is 9.76. The number of imide groups is 1. The second-order valence-electron chi connectivity index (χ2n) is 7.83. The lowest BCUT2D eigenvalue weighted by Gasteiger charge is -2.33. The molecule has 1 fully saturated rings. The molecule has 5 rings (SSSR count). The molecule has 6 nitrogen and oxygen atoms in total. The number of aryl methyl sites for hydroxylation is 2. The van der Waals surface area contributed by atoms with Gasteiger partial charge in [-0.2, -0.15) is 0 Å². The van der Waals surface area contributed by atoms with Gasteiger partial charge in [0.05, 0.1) is 6.54 Å². The zero-order chi connectivity index (χ0) is 20.2. The number of amides is 3. The Labute approximate surface area is 167 Å². The number of carbonyl (C=O) groups is 2. The molecule has 0 radical (unpaired) electrons. The molecule has 2 heterocycles. The zero-order valence-corrected chi connectivity index (χ0v) is 16.0. The number of benzene rings is 2. The molecule has 0 bridgehead atoms. The van der Waals surface area contributed by atoms with E-state index in [0.29, 0.717) is 17.6 Å². The van der Waals surface area contributed by atoms with Crippen molar-refractivity contribution in [2.24, 2.45) is 0 Å². The summed E-state index contributed by atoms with van der Waals surface area (Å²) in [5, 5.41) is 3.68. The lowest BCUT2D eigenvalue weighted by molar-refractivity contribution is -0.132. The zero-order valence-electron chi connectivity index (χ0n) is 16.0. The van der Waals surface area contributed by atoms with Crippen molar-refractivity contribution in [3.8, 4) is 0 Å². The van der Waals surface area contributed by atoms with Crippen molar-refractivity contribution in [3.05, 3.63) is 81.2 Å². The highest BCUT2D eigenvalue weighted by molar-refractivity contribution is 6.08. The maximum Gasteiger partial charge on any atom is 0.336 e. The van der Waals surface area contributed by atoms with Crippen molar-refractivity contribution < 1.29 is 14.0 Å². The van der Waals surface area contributed by atoms with Gasteiger partial charge in [0, 0.05) is 11.5 Å². The fraction of sp³-hybridized carbons (Fsp3) is 0.261. The molecule has 29 heavy (non-hydrogen) atoms. The summed E-state index contributed by atoms with van der Waals surface area (Å²) in [6.45, 7) is 1.94. The van der Waals surface area contributed by atoms with Crippen LogP contribution in [0.4, 0.5) is 4.79 Å². The average molecular weight is 388 g/mol. The molecule has 2 aliphatic rings. The molecule has 3 aromatic rings. The molecule has 1 unspecified atom stereocenters. The fourth-order valence-corrected chi connectivity index (χ4v) is 4.59. The third kappa shape index (κ3) is 2.67. The number of carbonyl (C=O) groups excluding carboxylic acids is 2. The minimum absolute atomic E-state index is 0.0275. The van der Waals surface area contributed by atoms with Crippen molar-refractivity contribution in [1.82, 2.24) is 10.2 Å². The Morgan fingerprint density at radius 1 is 1.10 bits per heavy atom. The maximum absolute atomic E-state index is 13.5. The Morgan fingerprint density at radius 3 is 2.79 bits per heavy atom. The number of hydrogen-bond donors (Lipinski definition) is 1. The molecule has 146 valence electrons. The minimum atomic E-state index is -1.02. The van der Waals surface area contributed by atoms with Crippen molar-refractivity contribution in [2.45, 2.75) is 38.3 Å². The van der Waals surface area contributed by atoms with E-state index in [-0.39, 0.29) is 12.5 Å². The second kappa shape index (κ2) is 6.30. The SMILES string of the molecule is Cc1ccc2c(CN3C(=O)NC4(CCCc5ccccc54)C3=O)cc(=O)oc2c1. The second-order valence-corrected chi connectivity index (χ2v) is 7.83. The Hall–Kier alpha value is -3.41. The molecule has 2 aromatic carbocycles. The first-order valence-electron chi connectivity index (χ1n) is 9.74. The van der Waals surface area contributed by atoms with Gasteiger partial charge in [0.1, 0.15) is 11.1 Å². The summed E-state index contributed by atoms with van der Waals surface area (Å²) in [5.41, 5.74) is 2.47. The van der Waals surface area contributed by atoms with E-state index in [9.17, 15) is 14.4 Å². The van der Waals surface area contributed by atoms with E-state index in [0.717, 1.165) is 34.9 Å². The summed E-state index contributed by atoms with van der Waals surface area (Å²) in [6, 6.07) is 14.3. The van der Waals surface area contributed by atoms with E-state index in [1.165, 1.54) is 11.0 Å². The predicted molar refractivity (Wildman–Crippen MR) is 107 cm³/mol. The first-order valence-corrected chi connectivity index (χ1v) is 9.74. The molecule has 1 aromatic heterocycles. The monoisotopic (exact) mass is 388 g/mol. The predicted octanol–water partition coefficient (Wildman–Crippen LogP) is 3.39. The molecule has 1 N–H and O–H groups in total. The van der Waals surface area contributed by atoms with Gasteiger partial charge in [-0.3, -0.25) is 9.69 Å². The van der Waals surface area contributed by atoms with Crippen LogP contribution in [0, 0.1) is 6.92 Å². The van der Waals surface area contributed by atoms with Crippen LogP contribution in [-0.4, -0.2) is 16.8 Å². The van der Waals surface area contributed by atoms with Gasteiger partial charge < -0.3 is 9.73 Å². The smallest absolute Gasteiger partial charge is 0.336 e. The van der Waals surface area contributed by atoms with Gasteiger partial charge in [-0.1, -0.05) is 36.4 Å². The molecule has 1 saturated heterocycles. The number of nitrogens with zero attached hydrogens (tertiary/aromatic N) is 1. The fourth-order valence-electron chi connectivity index (χ4n) is 4.59. The highest BCUT2D eigenvalue weighted by atomic mass is 16.4. The summed E-state index contributed by atoms with van der Waals surface area (Å²) in [5.74, 6) is -0.261. The van der Waals surface area contributed by atoms with Gasteiger partial charge in [0.2, 0.25) is 0 Å². The van der Waals surface area contributed by atoms with Crippen LogP contribution in [0.15, 0.2) is 57.7 Å². The van der Waals surface area contributed by atoms with Crippen LogP contribution in [0.3, 0.4) is 0 Å². The van der Waals surface area contributed by atoms with Crippen LogP contribution >= 0.6 is 0 Å². The van der Waals surface area contributed by atoms with Crippen molar-refractivity contribution in [3.63, 3.8) is 0 Å². The minimum Gasteiger partial charge on any atom is -0.423 e. The van der Waals surface area contributed by atoms with Gasteiger partial charge in [-0.25, -0.2) is 9.59 Å². The van der Waals surface area contributed by atoms with E-state index in [1.807, 2.05) is 43.3 Å². The summed E-state index contributed by atoms with van der Waals surface area (Å²) in [4.78, 5) is 39.6. The van der Waals surface area contributed by atoms with E-state index >= 15 is 0 Å². The summed E-state index contributed by atoms with van der Waals surface area (Å²) in [7, 11) is 0. The van der Waals surface area contributed by atoms with E-state index in [1.54, 1.807) is 6.07 Å². The first kappa shape index (κ1) is 17.7. The highest BCUT2D eigenvalue weighted by Gasteiger charge is 2.53. The topological polar surface area (TPSA) is 79.6 Å². The molecule has 3 amide bonds. The molecular weight excluding hydrogens is 368 g/mol. The molecule has 0 saturated carbocycles. The van der Waals surface area contributed by atoms with E-state index in [2.05, 4.69) is 5.32 Å². The summed E-state index contributed by atoms with van der Waals surface area (Å²) >= 11 is 0. The molecule has 1 aliphatic carbocycles. The van der Waals surface area contributed by atoms with E-state index < -0.39 is 17.2 Å². The van der Waals surface area contributed by atoms with Crippen molar-refractivity contribution >= 4 is 22.9 Å². The number of hydrogen-bond acceptors (Lipinski definition) is 4. The Balaban J connectivity index is 1.56. The Bertz CT molecular complexity index is 1230. The van der Waals surface area contributed by atoms with Crippen molar-refractivity contribution in [2.75, 3.05) is 0 Å². The van der Waals surface area contributed by atoms with Crippen LogP contribution in [-0.2, 0) is 23.3 Å². The van der Waals surface area contributed by atoms with Gasteiger partial charge in [0.15, 0.2) is 0 Å². The molecule has 1 aliphatic heterocycles. The average Bonchev–Trinajstić information content (AvgIpc) is 2.92. The number of nitrogens with one attached hydrogen (secondary N) is 1. The molecule has 1 spiro atoms. The normalized spacial score (nSPS) is 20.9. The standard InChI is InChI=1S/C23H20N2O4/c1-14-8-9-17-16(12-20(26)29-19(17)11-14)13-25-21(27)23(24-22(25)28)10-4-6-15-5-2-3-7-18(15)23/h2-3,5,7-9,11-12H,4,6,10,13H2,1H3,(H,24,28). The number of rotatable bonds is 2. The van der Waals surface area contributed by atoms with Gasteiger partial charge in [-0.05, 0) is 54.5 Å². The summed E-state index contributed by atoms with van der Waals surface area (Å²) in [6.07, 6.45) is 2.29. The first-order chi connectivity index (χ1) is 14.0. The third-order valence-electron chi connectivity index (χ3n) is 5.96. The van der Waals surface area contributed by atoms with Crippen LogP contribution in [0.2, 0.25) is 0 Å². The maximum atomic E-state index is 13.5. The Morgan fingerprint density at radius 2 is 1.93 bits per heavy atom. The van der Waals surface area contributed by atoms with Crippen LogP contribution < -0.4 is 10.9 Å². The van der Waals surface area contributed by atoms with Gasteiger partial charge in [-0.15, -0.1) is 0 Å². The van der Waals surface area contributed by atoms with Crippen LogP contribution in [0.25, 0.3) is 11.0 Å². The molecular formula is C23H20N2O4. The van der Waals surface area contributed by atoms with Crippen LogP contribution in [0.5, 0.6) is 0 Å². The number of fused-ring (bicyclic) bond motifs is 3. The lowest BCUT2D eigenvalue weighted by Crippen LogP contribution is -2.46. The van der Waals surface area contributed by atoms with Gasteiger partial charge >= 0.3 is 11.7 Å². The molecule has 6 heteroatoms. The summed E-state index contributed by atoms with van der Waals surface area (Å²) < 4.78 is 5.30. The largest absolute Gasteiger partial charge is 0.423 e. The van der Waals surface area contributed by atoms with Crippen molar-refractivity contribution in [1.29, 1.82) is 0 Å². The van der Waals surface area contributed by atoms with Crippen LogP contribution in [0.1, 0.15) is 35.1 Å². The Kier molecular flexibility index (Phi) is 3.84.